The molecule has 3 aromatic heterocycles. The Morgan fingerprint density at radius 2 is 1.34 bits per heavy atom. The Morgan fingerprint density at radius 1 is 0.596 bits per heavy atom. The molecule has 47 heavy (non-hydrogen) atoms. The maximum atomic E-state index is 6.54. The number of furan rings is 1. The van der Waals surface area contributed by atoms with Crippen LogP contribution in [0.3, 0.4) is 0 Å². The van der Waals surface area contributed by atoms with Crippen molar-refractivity contribution >= 4 is 43.7 Å². The maximum Gasteiger partial charge on any atom is 0.160 e. The summed E-state index contributed by atoms with van der Waals surface area (Å²) in [4.78, 5) is 10.6. The first-order valence-corrected chi connectivity index (χ1v) is 16.1. The summed E-state index contributed by atoms with van der Waals surface area (Å²) in [6.45, 7) is 4.55. The zero-order valence-corrected chi connectivity index (χ0v) is 26.0. The highest BCUT2D eigenvalue weighted by Crippen LogP contribution is 2.51. The van der Waals surface area contributed by atoms with E-state index in [4.69, 9.17) is 14.4 Å². The summed E-state index contributed by atoms with van der Waals surface area (Å²) in [6.07, 6.45) is 0. The second-order valence-electron chi connectivity index (χ2n) is 13.0. The molecule has 0 atom stereocenters. The van der Waals surface area contributed by atoms with Crippen molar-refractivity contribution in [3.63, 3.8) is 0 Å². The van der Waals surface area contributed by atoms with Gasteiger partial charge in [-0.3, -0.25) is 0 Å². The molecule has 3 heterocycles. The average molecular weight is 604 g/mol. The minimum Gasteiger partial charge on any atom is -0.455 e. The molecule has 4 nitrogen and oxygen atoms in total. The Hall–Kier alpha value is -6.00. The molecule has 1 aliphatic carbocycles. The molecule has 0 amide bonds. The van der Waals surface area contributed by atoms with Crippen LogP contribution in [0.15, 0.2) is 144 Å². The van der Waals surface area contributed by atoms with E-state index in [9.17, 15) is 0 Å². The smallest absolute Gasteiger partial charge is 0.160 e. The largest absolute Gasteiger partial charge is 0.455 e. The fourth-order valence-electron chi connectivity index (χ4n) is 7.77. The van der Waals surface area contributed by atoms with E-state index in [1.54, 1.807) is 0 Å². The van der Waals surface area contributed by atoms with Crippen LogP contribution in [0.4, 0.5) is 0 Å². The van der Waals surface area contributed by atoms with Crippen LogP contribution in [0.2, 0.25) is 0 Å². The van der Waals surface area contributed by atoms with E-state index in [2.05, 4.69) is 128 Å². The summed E-state index contributed by atoms with van der Waals surface area (Å²) in [5.41, 5.74) is 12.6. The summed E-state index contributed by atoms with van der Waals surface area (Å²) >= 11 is 0. The Bertz CT molecular complexity index is 2710. The van der Waals surface area contributed by atoms with Gasteiger partial charge in [0.25, 0.3) is 0 Å². The first kappa shape index (κ1) is 26.2. The zero-order chi connectivity index (χ0) is 31.3. The highest BCUT2D eigenvalue weighted by atomic mass is 16.3. The van der Waals surface area contributed by atoms with Crippen molar-refractivity contribution < 1.29 is 4.42 Å². The Morgan fingerprint density at radius 3 is 2.23 bits per heavy atom. The molecular formula is C43H29N3O. The predicted molar refractivity (Wildman–Crippen MR) is 192 cm³/mol. The van der Waals surface area contributed by atoms with Gasteiger partial charge in [0, 0.05) is 44.0 Å². The molecule has 1 aliphatic rings. The lowest BCUT2D eigenvalue weighted by atomic mass is 9.85. The van der Waals surface area contributed by atoms with Crippen LogP contribution in [-0.2, 0) is 5.41 Å². The van der Waals surface area contributed by atoms with Gasteiger partial charge in [-0.15, -0.1) is 0 Å². The zero-order valence-electron chi connectivity index (χ0n) is 26.0. The van der Waals surface area contributed by atoms with Crippen molar-refractivity contribution in [2.75, 3.05) is 0 Å². The molecular weight excluding hydrogens is 574 g/mol. The van der Waals surface area contributed by atoms with E-state index in [0.29, 0.717) is 0 Å². The number of hydrogen-bond acceptors (Lipinski definition) is 3. The third kappa shape index (κ3) is 3.64. The molecule has 0 saturated heterocycles. The molecule has 0 radical (unpaired) electrons. The highest BCUT2D eigenvalue weighted by molar-refractivity contribution is 6.23. The van der Waals surface area contributed by atoms with E-state index in [1.165, 1.54) is 16.5 Å². The van der Waals surface area contributed by atoms with Crippen LogP contribution >= 0.6 is 0 Å². The van der Waals surface area contributed by atoms with Gasteiger partial charge in [0.1, 0.15) is 11.2 Å². The van der Waals surface area contributed by atoms with Gasteiger partial charge >= 0.3 is 0 Å². The number of benzene rings is 6. The molecule has 0 spiro atoms. The molecule has 222 valence electrons. The summed E-state index contributed by atoms with van der Waals surface area (Å²) in [6, 6.07) is 49.1. The van der Waals surface area contributed by atoms with Crippen LogP contribution in [0.1, 0.15) is 25.1 Å². The standard InChI is InChI=1S/C43H29N3O/c1-43(2)33-20-9-6-18-31(33)38-39(44-42(45-41(38)43)26-13-4-3-5-14-26)27-15-12-16-28(25-27)46-34-21-10-7-19-32(34)37-35(46)24-23-30-29-17-8-11-22-36(29)47-40(30)37/h3-25H,1-2H3. The number of para-hydroxylation sites is 2. The van der Waals surface area contributed by atoms with E-state index in [1.807, 2.05) is 30.3 Å². The predicted octanol–water partition coefficient (Wildman–Crippen LogP) is 11.1. The van der Waals surface area contributed by atoms with Crippen LogP contribution in [0.25, 0.3) is 83.2 Å². The van der Waals surface area contributed by atoms with E-state index >= 15 is 0 Å². The summed E-state index contributed by atoms with van der Waals surface area (Å²) in [5, 5.41) is 4.57. The average Bonchev–Trinajstić information content (AvgIpc) is 3.74. The van der Waals surface area contributed by atoms with Crippen LogP contribution in [-0.4, -0.2) is 14.5 Å². The van der Waals surface area contributed by atoms with Gasteiger partial charge in [-0.25, -0.2) is 9.97 Å². The van der Waals surface area contributed by atoms with E-state index in [0.717, 1.165) is 77.9 Å². The third-order valence-electron chi connectivity index (χ3n) is 9.96. The van der Waals surface area contributed by atoms with Gasteiger partial charge in [0.05, 0.1) is 27.8 Å². The van der Waals surface area contributed by atoms with Crippen molar-refractivity contribution in [1.82, 2.24) is 14.5 Å². The SMILES string of the molecule is CC1(C)c2ccccc2-c2c(-c3cccc(-n4c5ccccc5c5c6oc7ccccc7c6ccc54)c3)nc(-c3ccccc3)nc21. The number of nitrogens with zero attached hydrogens (tertiary/aromatic N) is 3. The Kier molecular flexibility index (Phi) is 5.31. The van der Waals surface area contributed by atoms with Gasteiger partial charge in [0.15, 0.2) is 5.82 Å². The van der Waals surface area contributed by atoms with Crippen molar-refractivity contribution in [3.8, 4) is 39.5 Å². The number of rotatable bonds is 3. The first-order chi connectivity index (χ1) is 23.1. The normalized spacial score (nSPS) is 13.5. The van der Waals surface area contributed by atoms with Crippen molar-refractivity contribution in [3.05, 3.63) is 151 Å². The monoisotopic (exact) mass is 603 g/mol. The van der Waals surface area contributed by atoms with Crippen LogP contribution in [0.5, 0.6) is 0 Å². The maximum absolute atomic E-state index is 6.54. The fourth-order valence-corrected chi connectivity index (χ4v) is 7.77. The highest BCUT2D eigenvalue weighted by Gasteiger charge is 2.39. The van der Waals surface area contributed by atoms with Gasteiger partial charge in [-0.1, -0.05) is 117 Å². The van der Waals surface area contributed by atoms with Crippen molar-refractivity contribution in [2.24, 2.45) is 0 Å². The topological polar surface area (TPSA) is 43.9 Å². The molecule has 0 fully saturated rings. The minimum absolute atomic E-state index is 0.254. The molecule has 0 bridgehead atoms. The quantitative estimate of drug-likeness (QED) is 0.202. The lowest BCUT2D eigenvalue weighted by molar-refractivity contribution is 0.636. The lowest BCUT2D eigenvalue weighted by Gasteiger charge is -2.21. The molecule has 0 aliphatic heterocycles. The van der Waals surface area contributed by atoms with Gasteiger partial charge in [0.2, 0.25) is 0 Å². The van der Waals surface area contributed by atoms with Crippen LogP contribution in [0, 0.1) is 0 Å². The van der Waals surface area contributed by atoms with Crippen molar-refractivity contribution in [1.29, 1.82) is 0 Å². The molecule has 0 N–H and O–H groups in total. The summed E-state index contributed by atoms with van der Waals surface area (Å²) in [5.74, 6) is 0.745. The second-order valence-corrected chi connectivity index (χ2v) is 13.0. The molecule has 0 unspecified atom stereocenters. The number of fused-ring (bicyclic) bond motifs is 10. The van der Waals surface area contributed by atoms with Crippen LogP contribution < -0.4 is 0 Å². The lowest BCUT2D eigenvalue weighted by Crippen LogP contribution is -2.17. The third-order valence-corrected chi connectivity index (χ3v) is 9.96. The van der Waals surface area contributed by atoms with Gasteiger partial charge < -0.3 is 8.98 Å². The fraction of sp³-hybridized carbons (Fsp3) is 0.0698. The Labute approximate surface area is 271 Å². The summed E-state index contributed by atoms with van der Waals surface area (Å²) < 4.78 is 8.90. The second kappa shape index (κ2) is 9.51. The van der Waals surface area contributed by atoms with Crippen molar-refractivity contribution in [2.45, 2.75) is 19.3 Å². The van der Waals surface area contributed by atoms with E-state index in [-0.39, 0.29) is 5.41 Å². The summed E-state index contributed by atoms with van der Waals surface area (Å²) in [7, 11) is 0. The molecule has 6 aromatic carbocycles. The first-order valence-electron chi connectivity index (χ1n) is 16.1. The molecule has 10 rings (SSSR count). The molecule has 4 heteroatoms. The van der Waals surface area contributed by atoms with Gasteiger partial charge in [-0.2, -0.15) is 0 Å². The molecule has 0 saturated carbocycles. The molecule has 9 aromatic rings. The number of aromatic nitrogens is 3. The number of hydrogen-bond donors (Lipinski definition) is 0. The van der Waals surface area contributed by atoms with Gasteiger partial charge in [-0.05, 0) is 47.5 Å². The minimum atomic E-state index is -0.254. The Balaban J connectivity index is 1.25. The van der Waals surface area contributed by atoms with E-state index < -0.39 is 0 Å².